The van der Waals surface area contributed by atoms with Crippen LogP contribution in [0.4, 0.5) is 4.39 Å². The number of ether oxygens (including phenoxy) is 2. The summed E-state index contributed by atoms with van der Waals surface area (Å²) in [5.41, 5.74) is -0.416. The standard InChI is InChI=1S/C10H20FNO2/c1-8-9(13-5-4-12-8)14-7-10(2,3)6-11/h8-9,12H,4-7H2,1-3H3/t8-,9-/m0/s1. The predicted molar refractivity (Wildman–Crippen MR) is 52.9 cm³/mol. The van der Waals surface area contributed by atoms with Crippen LogP contribution in [0.25, 0.3) is 0 Å². The number of nitrogens with one attached hydrogen (secondary N) is 1. The molecule has 1 N–H and O–H groups in total. The number of hydrogen-bond acceptors (Lipinski definition) is 3. The quantitative estimate of drug-likeness (QED) is 0.751. The average molecular weight is 205 g/mol. The van der Waals surface area contributed by atoms with Crippen molar-refractivity contribution in [1.82, 2.24) is 5.32 Å². The molecule has 0 saturated carbocycles. The van der Waals surface area contributed by atoms with Crippen molar-refractivity contribution in [1.29, 1.82) is 0 Å². The lowest BCUT2D eigenvalue weighted by atomic mass is 9.97. The molecular formula is C10H20FNO2. The molecule has 1 aliphatic rings. The Balaban J connectivity index is 2.29. The lowest BCUT2D eigenvalue weighted by molar-refractivity contribution is -0.186. The summed E-state index contributed by atoms with van der Waals surface area (Å²) in [6.45, 7) is 7.22. The highest BCUT2D eigenvalue weighted by molar-refractivity contribution is 4.72. The zero-order valence-corrected chi connectivity index (χ0v) is 9.18. The van der Waals surface area contributed by atoms with Gasteiger partial charge in [0, 0.05) is 12.0 Å². The van der Waals surface area contributed by atoms with Crippen LogP contribution in [0.3, 0.4) is 0 Å². The van der Waals surface area contributed by atoms with E-state index in [4.69, 9.17) is 9.47 Å². The van der Waals surface area contributed by atoms with E-state index in [-0.39, 0.29) is 19.0 Å². The molecule has 0 unspecified atom stereocenters. The molecular weight excluding hydrogens is 185 g/mol. The number of alkyl halides is 1. The van der Waals surface area contributed by atoms with Crippen molar-refractivity contribution in [3.05, 3.63) is 0 Å². The Labute approximate surface area is 85.0 Å². The van der Waals surface area contributed by atoms with E-state index in [0.29, 0.717) is 13.2 Å². The zero-order chi connectivity index (χ0) is 10.6. The van der Waals surface area contributed by atoms with Gasteiger partial charge in [0.05, 0.1) is 25.9 Å². The van der Waals surface area contributed by atoms with Gasteiger partial charge in [-0.25, -0.2) is 0 Å². The van der Waals surface area contributed by atoms with Crippen molar-refractivity contribution in [3.8, 4) is 0 Å². The van der Waals surface area contributed by atoms with E-state index < -0.39 is 5.41 Å². The second kappa shape index (κ2) is 5.05. The summed E-state index contributed by atoms with van der Waals surface area (Å²) in [6, 6.07) is 0.180. The number of rotatable bonds is 4. The Morgan fingerprint density at radius 2 is 2.29 bits per heavy atom. The largest absolute Gasteiger partial charge is 0.350 e. The molecule has 1 saturated heterocycles. The molecule has 0 bridgehead atoms. The average Bonchev–Trinajstić information content (AvgIpc) is 2.17. The van der Waals surface area contributed by atoms with Crippen molar-refractivity contribution in [2.45, 2.75) is 33.1 Å². The van der Waals surface area contributed by atoms with Crippen LogP contribution in [-0.2, 0) is 9.47 Å². The third kappa shape index (κ3) is 3.52. The number of hydrogen-bond donors (Lipinski definition) is 1. The van der Waals surface area contributed by atoms with Gasteiger partial charge >= 0.3 is 0 Å². The highest BCUT2D eigenvalue weighted by atomic mass is 19.1. The molecule has 0 amide bonds. The molecule has 1 rings (SSSR count). The maximum absolute atomic E-state index is 12.5. The van der Waals surface area contributed by atoms with Crippen LogP contribution in [0.1, 0.15) is 20.8 Å². The molecule has 0 spiro atoms. The van der Waals surface area contributed by atoms with Crippen molar-refractivity contribution < 1.29 is 13.9 Å². The van der Waals surface area contributed by atoms with Crippen LogP contribution >= 0.6 is 0 Å². The molecule has 0 aromatic rings. The molecule has 1 heterocycles. The Hall–Kier alpha value is -0.190. The minimum atomic E-state index is -0.416. The van der Waals surface area contributed by atoms with Gasteiger partial charge in [0.1, 0.15) is 0 Å². The Morgan fingerprint density at radius 1 is 1.57 bits per heavy atom. The first-order valence-corrected chi connectivity index (χ1v) is 5.08. The summed E-state index contributed by atoms with van der Waals surface area (Å²) < 4.78 is 23.4. The predicted octanol–water partition coefficient (Wildman–Crippen LogP) is 1.33. The summed E-state index contributed by atoms with van der Waals surface area (Å²) in [5.74, 6) is 0. The molecule has 14 heavy (non-hydrogen) atoms. The number of morpholine rings is 1. The van der Waals surface area contributed by atoms with E-state index in [1.165, 1.54) is 0 Å². The van der Waals surface area contributed by atoms with Gasteiger partial charge in [-0.3, -0.25) is 4.39 Å². The summed E-state index contributed by atoms with van der Waals surface area (Å²) in [5, 5.41) is 3.24. The molecule has 0 radical (unpaired) electrons. The van der Waals surface area contributed by atoms with Gasteiger partial charge in [-0.1, -0.05) is 13.8 Å². The highest BCUT2D eigenvalue weighted by Gasteiger charge is 2.26. The van der Waals surface area contributed by atoms with Crippen LogP contribution < -0.4 is 5.32 Å². The lowest BCUT2D eigenvalue weighted by Crippen LogP contribution is -2.48. The highest BCUT2D eigenvalue weighted by Crippen LogP contribution is 2.18. The third-order valence-electron chi connectivity index (χ3n) is 2.26. The molecule has 3 nitrogen and oxygen atoms in total. The van der Waals surface area contributed by atoms with Gasteiger partial charge in [-0.2, -0.15) is 0 Å². The summed E-state index contributed by atoms with van der Waals surface area (Å²) in [4.78, 5) is 0. The maximum atomic E-state index is 12.5. The van der Waals surface area contributed by atoms with Crippen LogP contribution in [-0.4, -0.2) is 38.8 Å². The Kier molecular flexibility index (Phi) is 4.29. The van der Waals surface area contributed by atoms with Crippen molar-refractivity contribution >= 4 is 0 Å². The summed E-state index contributed by atoms with van der Waals surface area (Å²) in [6.07, 6.45) is -0.241. The summed E-state index contributed by atoms with van der Waals surface area (Å²) in [7, 11) is 0. The Bertz CT molecular complexity index is 176. The fourth-order valence-corrected chi connectivity index (χ4v) is 1.24. The SMILES string of the molecule is C[C@@H]1NCCO[C@H]1OCC(C)(C)CF. The van der Waals surface area contributed by atoms with Crippen molar-refractivity contribution in [2.75, 3.05) is 26.4 Å². The van der Waals surface area contributed by atoms with Gasteiger partial charge in [0.15, 0.2) is 6.29 Å². The van der Waals surface area contributed by atoms with Crippen LogP contribution in [0, 0.1) is 5.41 Å². The Morgan fingerprint density at radius 3 is 2.86 bits per heavy atom. The molecule has 1 fully saturated rings. The topological polar surface area (TPSA) is 30.5 Å². The van der Waals surface area contributed by atoms with Gasteiger partial charge in [-0.15, -0.1) is 0 Å². The fraction of sp³-hybridized carbons (Fsp3) is 1.00. The zero-order valence-electron chi connectivity index (χ0n) is 9.18. The van der Waals surface area contributed by atoms with Gasteiger partial charge in [0.25, 0.3) is 0 Å². The molecule has 0 aliphatic carbocycles. The first-order chi connectivity index (χ1) is 6.55. The van der Waals surface area contributed by atoms with Gasteiger partial charge in [-0.05, 0) is 6.92 Å². The molecule has 0 aromatic heterocycles. The number of halogens is 1. The van der Waals surface area contributed by atoms with E-state index in [2.05, 4.69) is 5.32 Å². The van der Waals surface area contributed by atoms with Gasteiger partial charge < -0.3 is 14.8 Å². The normalized spacial score (nSPS) is 29.1. The van der Waals surface area contributed by atoms with Crippen LogP contribution in [0.2, 0.25) is 0 Å². The molecule has 4 heteroatoms. The first-order valence-electron chi connectivity index (χ1n) is 5.08. The minimum Gasteiger partial charge on any atom is -0.350 e. The van der Waals surface area contributed by atoms with Crippen molar-refractivity contribution in [2.24, 2.45) is 5.41 Å². The first kappa shape index (κ1) is 11.9. The monoisotopic (exact) mass is 205 g/mol. The molecule has 84 valence electrons. The van der Waals surface area contributed by atoms with E-state index in [1.807, 2.05) is 20.8 Å². The third-order valence-corrected chi connectivity index (χ3v) is 2.26. The second-order valence-electron chi connectivity index (χ2n) is 4.59. The van der Waals surface area contributed by atoms with Gasteiger partial charge in [0.2, 0.25) is 0 Å². The van der Waals surface area contributed by atoms with Crippen LogP contribution in [0.5, 0.6) is 0 Å². The lowest BCUT2D eigenvalue weighted by Gasteiger charge is -2.32. The maximum Gasteiger partial charge on any atom is 0.172 e. The molecule has 0 aromatic carbocycles. The van der Waals surface area contributed by atoms with E-state index in [1.54, 1.807) is 0 Å². The van der Waals surface area contributed by atoms with Crippen LogP contribution in [0.15, 0.2) is 0 Å². The van der Waals surface area contributed by atoms with E-state index in [0.717, 1.165) is 6.54 Å². The van der Waals surface area contributed by atoms with E-state index in [9.17, 15) is 4.39 Å². The minimum absolute atomic E-state index is 0.180. The summed E-state index contributed by atoms with van der Waals surface area (Å²) >= 11 is 0. The van der Waals surface area contributed by atoms with Crippen molar-refractivity contribution in [3.63, 3.8) is 0 Å². The fourth-order valence-electron chi connectivity index (χ4n) is 1.24. The molecule has 1 aliphatic heterocycles. The van der Waals surface area contributed by atoms with E-state index >= 15 is 0 Å². The smallest absolute Gasteiger partial charge is 0.172 e. The molecule has 2 atom stereocenters. The second-order valence-corrected chi connectivity index (χ2v) is 4.59.